The minimum absolute atomic E-state index is 0.161. The summed E-state index contributed by atoms with van der Waals surface area (Å²) >= 11 is 4.76. The van der Waals surface area contributed by atoms with Crippen molar-refractivity contribution in [3.8, 4) is 0 Å². The average Bonchev–Trinajstić information content (AvgIpc) is 2.92. The number of hydrazone groups is 1. The Morgan fingerprint density at radius 1 is 1.13 bits per heavy atom. The number of nitrogens with two attached hydrogens (primary N) is 1. The number of para-hydroxylation sites is 1. The zero-order valence-corrected chi connectivity index (χ0v) is 13.5. The molecule has 0 aliphatic carbocycles. The summed E-state index contributed by atoms with van der Waals surface area (Å²) in [5.74, 6) is 0. The molecule has 3 N–H and O–H groups in total. The number of rotatable bonds is 5. The Hall–Kier alpha value is -2.66. The van der Waals surface area contributed by atoms with Gasteiger partial charge >= 0.3 is 0 Å². The number of aromatic nitrogens is 1. The molecule has 23 heavy (non-hydrogen) atoms. The molecule has 0 spiro atoms. The molecule has 0 atom stereocenters. The second-order valence-electron chi connectivity index (χ2n) is 5.26. The van der Waals surface area contributed by atoms with Crippen molar-refractivity contribution in [2.24, 2.45) is 10.8 Å². The smallest absolute Gasteiger partial charge is 0.184 e. The summed E-state index contributed by atoms with van der Waals surface area (Å²) < 4.78 is 2.25. The predicted octanol–water partition coefficient (Wildman–Crippen LogP) is 3.05. The van der Waals surface area contributed by atoms with Gasteiger partial charge in [0.1, 0.15) is 0 Å². The molecule has 1 heterocycles. The van der Waals surface area contributed by atoms with Crippen LogP contribution in [0.5, 0.6) is 0 Å². The molecular weight excluding hydrogens is 304 g/mol. The first-order valence-corrected chi connectivity index (χ1v) is 7.85. The third-order valence-electron chi connectivity index (χ3n) is 3.68. The van der Waals surface area contributed by atoms with Crippen molar-refractivity contribution in [2.45, 2.75) is 13.0 Å². The Morgan fingerprint density at radius 2 is 1.87 bits per heavy atom. The highest BCUT2D eigenvalue weighted by molar-refractivity contribution is 7.80. The van der Waals surface area contributed by atoms with Crippen molar-refractivity contribution < 1.29 is 0 Å². The van der Waals surface area contributed by atoms with Crippen LogP contribution < -0.4 is 11.2 Å². The monoisotopic (exact) mass is 322 g/mol. The van der Waals surface area contributed by atoms with Crippen LogP contribution in [0, 0.1) is 0 Å². The van der Waals surface area contributed by atoms with E-state index in [0.29, 0.717) is 0 Å². The highest BCUT2D eigenvalue weighted by Crippen LogP contribution is 2.20. The van der Waals surface area contributed by atoms with Gasteiger partial charge in [0, 0.05) is 29.2 Å². The third-order valence-corrected chi connectivity index (χ3v) is 3.77. The fourth-order valence-electron chi connectivity index (χ4n) is 2.62. The van der Waals surface area contributed by atoms with Gasteiger partial charge in [0.2, 0.25) is 0 Å². The number of hydrogen-bond acceptors (Lipinski definition) is 2. The molecule has 4 nitrogen and oxygen atoms in total. The lowest BCUT2D eigenvalue weighted by Gasteiger charge is -2.05. The summed E-state index contributed by atoms with van der Waals surface area (Å²) in [5.41, 5.74) is 11.5. The molecule has 116 valence electrons. The number of aryl methyl sites for hydroxylation is 2. The molecule has 5 heteroatoms. The first-order valence-electron chi connectivity index (χ1n) is 7.44. The molecule has 2 aromatic carbocycles. The maximum absolute atomic E-state index is 5.39. The van der Waals surface area contributed by atoms with Gasteiger partial charge in [-0.2, -0.15) is 5.10 Å². The topological polar surface area (TPSA) is 55.3 Å². The van der Waals surface area contributed by atoms with Gasteiger partial charge in [-0.3, -0.25) is 5.43 Å². The Labute approximate surface area is 140 Å². The summed E-state index contributed by atoms with van der Waals surface area (Å²) in [5, 5.41) is 5.39. The Morgan fingerprint density at radius 3 is 2.65 bits per heavy atom. The normalized spacial score (nSPS) is 11.1. The van der Waals surface area contributed by atoms with E-state index in [1.807, 2.05) is 12.1 Å². The van der Waals surface area contributed by atoms with Crippen LogP contribution in [0.3, 0.4) is 0 Å². The molecule has 0 unspecified atom stereocenters. The van der Waals surface area contributed by atoms with Gasteiger partial charge in [0.25, 0.3) is 0 Å². The molecule has 0 radical (unpaired) electrons. The SMILES string of the molecule is NC(=S)NN=Cc1cn(CCc2ccccc2)c2ccccc12. The van der Waals surface area contributed by atoms with Crippen molar-refractivity contribution in [3.05, 3.63) is 71.9 Å². The molecule has 0 aliphatic rings. The minimum Gasteiger partial charge on any atom is -0.375 e. The van der Waals surface area contributed by atoms with E-state index in [1.165, 1.54) is 11.1 Å². The number of nitrogens with one attached hydrogen (secondary N) is 1. The summed E-state index contributed by atoms with van der Waals surface area (Å²) in [6.07, 6.45) is 4.85. The van der Waals surface area contributed by atoms with Crippen LogP contribution in [0.15, 0.2) is 65.9 Å². The fourth-order valence-corrected chi connectivity index (χ4v) is 2.68. The predicted molar refractivity (Wildman–Crippen MR) is 99.6 cm³/mol. The fraction of sp³-hybridized carbons (Fsp3) is 0.111. The first-order chi connectivity index (χ1) is 11.2. The Kier molecular flexibility index (Phi) is 4.68. The quantitative estimate of drug-likeness (QED) is 0.431. The lowest BCUT2D eigenvalue weighted by Crippen LogP contribution is -2.23. The Balaban J connectivity index is 1.85. The molecule has 0 bridgehead atoms. The van der Waals surface area contributed by atoms with E-state index in [4.69, 9.17) is 18.0 Å². The van der Waals surface area contributed by atoms with Crippen molar-refractivity contribution >= 4 is 34.4 Å². The van der Waals surface area contributed by atoms with Crippen LogP contribution in [-0.2, 0) is 13.0 Å². The van der Waals surface area contributed by atoms with Gasteiger partial charge in [-0.15, -0.1) is 0 Å². The van der Waals surface area contributed by atoms with E-state index in [2.05, 4.69) is 63.8 Å². The summed E-state index contributed by atoms with van der Waals surface area (Å²) in [4.78, 5) is 0. The van der Waals surface area contributed by atoms with Crippen molar-refractivity contribution in [1.29, 1.82) is 0 Å². The van der Waals surface area contributed by atoms with E-state index >= 15 is 0 Å². The number of hydrogen-bond donors (Lipinski definition) is 2. The highest BCUT2D eigenvalue weighted by atomic mass is 32.1. The first kappa shape index (κ1) is 15.2. The van der Waals surface area contributed by atoms with E-state index in [0.717, 1.165) is 23.9 Å². The second kappa shape index (κ2) is 7.07. The summed E-state index contributed by atoms with van der Waals surface area (Å²) in [7, 11) is 0. The van der Waals surface area contributed by atoms with E-state index in [9.17, 15) is 0 Å². The van der Waals surface area contributed by atoms with Gasteiger partial charge in [-0.1, -0.05) is 48.5 Å². The lowest BCUT2D eigenvalue weighted by molar-refractivity contribution is 0.722. The van der Waals surface area contributed by atoms with Crippen molar-refractivity contribution in [3.63, 3.8) is 0 Å². The Bertz CT molecular complexity index is 837. The number of thiocarbonyl (C=S) groups is 1. The zero-order valence-electron chi connectivity index (χ0n) is 12.6. The molecular formula is C18H18N4S. The van der Waals surface area contributed by atoms with Crippen LogP contribution in [0.2, 0.25) is 0 Å². The van der Waals surface area contributed by atoms with Crippen LogP contribution in [0.25, 0.3) is 10.9 Å². The van der Waals surface area contributed by atoms with E-state index in [-0.39, 0.29) is 5.11 Å². The molecule has 3 rings (SSSR count). The number of nitrogens with zero attached hydrogens (tertiary/aromatic N) is 2. The van der Waals surface area contributed by atoms with Crippen LogP contribution in [-0.4, -0.2) is 15.9 Å². The van der Waals surface area contributed by atoms with Crippen LogP contribution >= 0.6 is 12.2 Å². The van der Waals surface area contributed by atoms with Gasteiger partial charge in [-0.05, 0) is 30.3 Å². The van der Waals surface area contributed by atoms with Crippen molar-refractivity contribution in [1.82, 2.24) is 9.99 Å². The average molecular weight is 322 g/mol. The van der Waals surface area contributed by atoms with Gasteiger partial charge in [0.15, 0.2) is 5.11 Å². The molecule has 0 saturated carbocycles. The standard InChI is InChI=1S/C18H18N4S/c19-18(23)21-20-12-15-13-22(17-9-5-4-8-16(15)17)11-10-14-6-2-1-3-7-14/h1-9,12-13H,10-11H2,(H3,19,21,23). The molecule has 0 fully saturated rings. The highest BCUT2D eigenvalue weighted by Gasteiger charge is 2.06. The van der Waals surface area contributed by atoms with Crippen LogP contribution in [0.4, 0.5) is 0 Å². The second-order valence-corrected chi connectivity index (χ2v) is 5.70. The molecule has 0 aliphatic heterocycles. The number of fused-ring (bicyclic) bond motifs is 1. The lowest BCUT2D eigenvalue weighted by atomic mass is 10.1. The van der Waals surface area contributed by atoms with Gasteiger partial charge < -0.3 is 10.3 Å². The third kappa shape index (κ3) is 3.76. The molecule has 3 aromatic rings. The molecule has 1 aromatic heterocycles. The van der Waals surface area contributed by atoms with Crippen LogP contribution in [0.1, 0.15) is 11.1 Å². The largest absolute Gasteiger partial charge is 0.375 e. The molecule has 0 amide bonds. The zero-order chi connectivity index (χ0) is 16.1. The summed E-state index contributed by atoms with van der Waals surface area (Å²) in [6, 6.07) is 18.8. The maximum atomic E-state index is 5.39. The van der Waals surface area contributed by atoms with E-state index in [1.54, 1.807) is 6.21 Å². The van der Waals surface area contributed by atoms with Crippen molar-refractivity contribution in [2.75, 3.05) is 0 Å². The number of benzene rings is 2. The van der Waals surface area contributed by atoms with E-state index < -0.39 is 0 Å². The maximum Gasteiger partial charge on any atom is 0.184 e. The van der Waals surface area contributed by atoms with Gasteiger partial charge in [0.05, 0.1) is 6.21 Å². The van der Waals surface area contributed by atoms with Gasteiger partial charge in [-0.25, -0.2) is 0 Å². The minimum atomic E-state index is 0.161. The summed E-state index contributed by atoms with van der Waals surface area (Å²) in [6.45, 7) is 0.918. The molecule has 0 saturated heterocycles.